The normalized spacial score (nSPS) is 16.5. The highest BCUT2D eigenvalue weighted by molar-refractivity contribution is 6.34. The maximum Gasteiger partial charge on any atom is 0.260 e. The van der Waals surface area contributed by atoms with Crippen molar-refractivity contribution in [3.05, 3.63) is 28.2 Å². The van der Waals surface area contributed by atoms with Gasteiger partial charge in [0.15, 0.2) is 6.61 Å². The monoisotopic (exact) mass is 303 g/mol. The SMILES string of the molecule is O=C(COc1cc(Cl)cc(Cl)c1)N1CCC(O)CC1. The van der Waals surface area contributed by atoms with Gasteiger partial charge in [-0.2, -0.15) is 0 Å². The quantitative estimate of drug-likeness (QED) is 0.932. The number of rotatable bonds is 3. The van der Waals surface area contributed by atoms with Crippen molar-refractivity contribution in [3.8, 4) is 5.75 Å². The summed E-state index contributed by atoms with van der Waals surface area (Å²) in [6.45, 7) is 1.09. The lowest BCUT2D eigenvalue weighted by atomic mass is 10.1. The highest BCUT2D eigenvalue weighted by Crippen LogP contribution is 2.24. The number of nitrogens with zero attached hydrogens (tertiary/aromatic N) is 1. The van der Waals surface area contributed by atoms with Crippen LogP contribution in [0.4, 0.5) is 0 Å². The zero-order valence-electron chi connectivity index (χ0n) is 10.3. The predicted octanol–water partition coefficient (Wildman–Crippen LogP) is 2.36. The van der Waals surface area contributed by atoms with E-state index < -0.39 is 0 Å². The number of halogens is 2. The van der Waals surface area contributed by atoms with E-state index in [1.54, 1.807) is 23.1 Å². The number of aliphatic hydroxyl groups excluding tert-OH is 1. The van der Waals surface area contributed by atoms with Gasteiger partial charge in [-0.05, 0) is 31.0 Å². The second-order valence-corrected chi connectivity index (χ2v) is 5.38. The Morgan fingerprint density at radius 2 is 1.84 bits per heavy atom. The van der Waals surface area contributed by atoms with E-state index in [0.717, 1.165) is 0 Å². The van der Waals surface area contributed by atoms with Crippen molar-refractivity contribution in [3.63, 3.8) is 0 Å². The molecule has 104 valence electrons. The van der Waals surface area contributed by atoms with E-state index >= 15 is 0 Å². The summed E-state index contributed by atoms with van der Waals surface area (Å²) in [5.41, 5.74) is 0. The third-order valence-corrected chi connectivity index (χ3v) is 3.45. The molecule has 2 rings (SSSR count). The summed E-state index contributed by atoms with van der Waals surface area (Å²) in [4.78, 5) is 13.6. The van der Waals surface area contributed by atoms with Crippen LogP contribution in [0, 0.1) is 0 Å². The second-order valence-electron chi connectivity index (χ2n) is 4.51. The van der Waals surface area contributed by atoms with Gasteiger partial charge in [0, 0.05) is 23.1 Å². The summed E-state index contributed by atoms with van der Waals surface area (Å²) in [7, 11) is 0. The van der Waals surface area contributed by atoms with Crippen molar-refractivity contribution in [2.45, 2.75) is 18.9 Å². The van der Waals surface area contributed by atoms with Gasteiger partial charge < -0.3 is 14.7 Å². The number of hydrogen-bond acceptors (Lipinski definition) is 3. The van der Waals surface area contributed by atoms with Crippen molar-refractivity contribution in [1.29, 1.82) is 0 Å². The summed E-state index contributed by atoms with van der Waals surface area (Å²) in [5, 5.41) is 10.3. The van der Waals surface area contributed by atoms with E-state index in [2.05, 4.69) is 0 Å². The van der Waals surface area contributed by atoms with Crippen LogP contribution < -0.4 is 4.74 Å². The van der Waals surface area contributed by atoms with E-state index in [0.29, 0.717) is 41.7 Å². The fourth-order valence-electron chi connectivity index (χ4n) is 1.96. The van der Waals surface area contributed by atoms with Crippen LogP contribution in [0.2, 0.25) is 10.0 Å². The number of likely N-dealkylation sites (tertiary alicyclic amines) is 1. The minimum Gasteiger partial charge on any atom is -0.484 e. The lowest BCUT2D eigenvalue weighted by molar-refractivity contribution is -0.135. The first kappa shape index (κ1) is 14.4. The van der Waals surface area contributed by atoms with E-state index in [-0.39, 0.29) is 18.6 Å². The Morgan fingerprint density at radius 1 is 1.26 bits per heavy atom. The van der Waals surface area contributed by atoms with Crippen LogP contribution in [0.15, 0.2) is 18.2 Å². The first-order valence-electron chi connectivity index (χ1n) is 6.09. The summed E-state index contributed by atoms with van der Waals surface area (Å²) < 4.78 is 5.39. The van der Waals surface area contributed by atoms with Crippen LogP contribution in [-0.2, 0) is 4.79 Å². The summed E-state index contributed by atoms with van der Waals surface area (Å²) in [5.74, 6) is 0.380. The Morgan fingerprint density at radius 3 is 2.42 bits per heavy atom. The minimum absolute atomic E-state index is 0.0488. The molecule has 1 saturated heterocycles. The Labute approximate surface area is 121 Å². The predicted molar refractivity (Wildman–Crippen MR) is 73.8 cm³/mol. The molecule has 6 heteroatoms. The standard InChI is InChI=1S/C13H15Cl2NO3/c14-9-5-10(15)7-12(6-9)19-8-13(18)16-3-1-11(17)2-4-16/h5-7,11,17H,1-4,8H2. The van der Waals surface area contributed by atoms with Gasteiger partial charge >= 0.3 is 0 Å². The zero-order chi connectivity index (χ0) is 13.8. The molecule has 1 amide bonds. The number of hydrogen-bond donors (Lipinski definition) is 1. The number of carbonyl (C=O) groups is 1. The van der Waals surface area contributed by atoms with Crippen LogP contribution in [0.1, 0.15) is 12.8 Å². The fourth-order valence-corrected chi connectivity index (χ4v) is 2.47. The molecule has 1 fully saturated rings. The highest BCUT2D eigenvalue weighted by Gasteiger charge is 2.21. The van der Waals surface area contributed by atoms with Crippen molar-refractivity contribution in [1.82, 2.24) is 4.90 Å². The average Bonchev–Trinajstić information content (AvgIpc) is 2.36. The van der Waals surface area contributed by atoms with Gasteiger partial charge in [-0.3, -0.25) is 4.79 Å². The van der Waals surface area contributed by atoms with E-state index in [9.17, 15) is 9.90 Å². The molecule has 0 spiro atoms. The Kier molecular flexibility index (Phi) is 4.91. The molecule has 1 heterocycles. The van der Waals surface area contributed by atoms with Crippen LogP contribution in [-0.4, -0.2) is 41.7 Å². The van der Waals surface area contributed by atoms with Crippen LogP contribution in [0.25, 0.3) is 0 Å². The molecule has 1 N–H and O–H groups in total. The molecule has 0 atom stereocenters. The van der Waals surface area contributed by atoms with Crippen LogP contribution in [0.5, 0.6) is 5.75 Å². The van der Waals surface area contributed by atoms with E-state index in [1.165, 1.54) is 0 Å². The third-order valence-electron chi connectivity index (χ3n) is 3.02. The number of ether oxygens (including phenoxy) is 1. The number of carbonyl (C=O) groups excluding carboxylic acids is 1. The largest absolute Gasteiger partial charge is 0.484 e. The lowest BCUT2D eigenvalue weighted by Crippen LogP contribution is -2.42. The van der Waals surface area contributed by atoms with Crippen molar-refractivity contribution in [2.24, 2.45) is 0 Å². The van der Waals surface area contributed by atoms with Gasteiger partial charge in [-0.1, -0.05) is 23.2 Å². The molecule has 1 aromatic rings. The molecule has 0 saturated carbocycles. The van der Waals surface area contributed by atoms with Gasteiger partial charge in [-0.25, -0.2) is 0 Å². The maximum atomic E-state index is 11.9. The molecule has 0 unspecified atom stereocenters. The van der Waals surface area contributed by atoms with E-state index in [4.69, 9.17) is 27.9 Å². The first-order chi connectivity index (χ1) is 9.04. The number of aliphatic hydroxyl groups is 1. The van der Waals surface area contributed by atoms with Crippen LogP contribution in [0.3, 0.4) is 0 Å². The molecule has 1 aromatic carbocycles. The highest BCUT2D eigenvalue weighted by atomic mass is 35.5. The Hall–Kier alpha value is -0.970. The third kappa shape index (κ3) is 4.27. The maximum absolute atomic E-state index is 11.9. The Bertz CT molecular complexity index is 439. The molecule has 4 nitrogen and oxygen atoms in total. The van der Waals surface area contributed by atoms with E-state index in [1.807, 2.05) is 0 Å². The average molecular weight is 304 g/mol. The van der Waals surface area contributed by atoms with Gasteiger partial charge in [-0.15, -0.1) is 0 Å². The summed E-state index contributed by atoms with van der Waals surface area (Å²) >= 11 is 11.7. The van der Waals surface area contributed by atoms with Gasteiger partial charge in [0.2, 0.25) is 0 Å². The molecule has 0 bridgehead atoms. The number of piperidine rings is 1. The van der Waals surface area contributed by atoms with Gasteiger partial charge in [0.05, 0.1) is 6.10 Å². The summed E-state index contributed by atoms with van der Waals surface area (Å²) in [6.07, 6.45) is 0.945. The number of amides is 1. The Balaban J connectivity index is 1.86. The van der Waals surface area contributed by atoms with Crippen molar-refractivity contribution >= 4 is 29.1 Å². The topological polar surface area (TPSA) is 49.8 Å². The molecule has 19 heavy (non-hydrogen) atoms. The second kappa shape index (κ2) is 6.46. The molecule has 0 radical (unpaired) electrons. The molecule has 1 aliphatic rings. The van der Waals surface area contributed by atoms with Crippen molar-refractivity contribution < 1.29 is 14.6 Å². The molecular weight excluding hydrogens is 289 g/mol. The molecular formula is C13H15Cl2NO3. The molecule has 0 aromatic heterocycles. The van der Waals surface area contributed by atoms with Gasteiger partial charge in [0.25, 0.3) is 5.91 Å². The fraction of sp³-hybridized carbons (Fsp3) is 0.462. The van der Waals surface area contributed by atoms with Crippen molar-refractivity contribution in [2.75, 3.05) is 19.7 Å². The molecule has 1 aliphatic heterocycles. The zero-order valence-corrected chi connectivity index (χ0v) is 11.8. The van der Waals surface area contributed by atoms with Gasteiger partial charge in [0.1, 0.15) is 5.75 Å². The first-order valence-corrected chi connectivity index (χ1v) is 6.85. The summed E-state index contributed by atoms with van der Waals surface area (Å²) in [6, 6.07) is 4.82. The smallest absolute Gasteiger partial charge is 0.260 e. The molecule has 0 aliphatic carbocycles. The van der Waals surface area contributed by atoms with Crippen LogP contribution >= 0.6 is 23.2 Å². The minimum atomic E-state index is -0.295. The number of benzene rings is 1. The lowest BCUT2D eigenvalue weighted by Gasteiger charge is -2.29.